The van der Waals surface area contributed by atoms with Gasteiger partial charge in [0.25, 0.3) is 0 Å². The number of carbonyl (C=O) groups excluding carboxylic acids is 1. The monoisotopic (exact) mass is 180 g/mol. The van der Waals surface area contributed by atoms with E-state index in [1.807, 2.05) is 13.8 Å². The second-order valence-electron chi connectivity index (χ2n) is 4.68. The van der Waals surface area contributed by atoms with Crippen molar-refractivity contribution >= 4 is 5.78 Å². The summed E-state index contributed by atoms with van der Waals surface area (Å²) in [4.78, 5) is 11.6. The van der Waals surface area contributed by atoms with Gasteiger partial charge in [-0.3, -0.25) is 4.79 Å². The lowest BCUT2D eigenvalue weighted by Gasteiger charge is -2.36. The Bertz CT molecular complexity index is 286. The minimum absolute atomic E-state index is 0.263. The van der Waals surface area contributed by atoms with E-state index < -0.39 is 0 Å². The van der Waals surface area contributed by atoms with Crippen LogP contribution in [0.1, 0.15) is 39.5 Å². The van der Waals surface area contributed by atoms with Crippen molar-refractivity contribution in [2.24, 2.45) is 5.41 Å². The molecule has 1 atom stereocenters. The fourth-order valence-corrected chi connectivity index (χ4v) is 2.61. The Balaban J connectivity index is 2.45. The van der Waals surface area contributed by atoms with Gasteiger partial charge in [0.15, 0.2) is 5.78 Å². The molecule has 0 aromatic carbocycles. The molecule has 2 rings (SSSR count). The molecule has 0 amide bonds. The third-order valence-electron chi connectivity index (χ3n) is 3.48. The van der Waals surface area contributed by atoms with Crippen LogP contribution in [0.3, 0.4) is 0 Å². The van der Waals surface area contributed by atoms with Gasteiger partial charge in [0.2, 0.25) is 0 Å². The molecule has 0 aromatic rings. The number of aliphatic hydroxyl groups excluding tert-OH is 1. The molecule has 2 aliphatic rings. The van der Waals surface area contributed by atoms with E-state index in [1.165, 1.54) is 5.57 Å². The summed E-state index contributed by atoms with van der Waals surface area (Å²) in [5, 5.41) is 9.82. The number of hydrogen-bond donors (Lipinski definition) is 1. The number of allylic oxidation sites excluding steroid dienone is 1. The third-order valence-corrected chi connectivity index (χ3v) is 3.48. The van der Waals surface area contributed by atoms with Gasteiger partial charge in [0.05, 0.1) is 6.10 Å². The largest absolute Gasteiger partial charge is 0.392 e. The number of rotatable bonds is 0. The van der Waals surface area contributed by atoms with E-state index in [0.717, 1.165) is 24.8 Å². The van der Waals surface area contributed by atoms with Gasteiger partial charge < -0.3 is 5.11 Å². The van der Waals surface area contributed by atoms with Crippen LogP contribution in [0.4, 0.5) is 0 Å². The molecule has 0 heterocycles. The fourth-order valence-electron chi connectivity index (χ4n) is 2.61. The van der Waals surface area contributed by atoms with Gasteiger partial charge in [-0.05, 0) is 19.3 Å². The lowest BCUT2D eigenvalue weighted by Crippen LogP contribution is -2.36. The van der Waals surface area contributed by atoms with E-state index in [1.54, 1.807) is 0 Å². The maximum atomic E-state index is 11.6. The van der Waals surface area contributed by atoms with Crippen LogP contribution in [-0.2, 0) is 4.79 Å². The van der Waals surface area contributed by atoms with Gasteiger partial charge >= 0.3 is 0 Å². The molecule has 0 spiro atoms. The van der Waals surface area contributed by atoms with Gasteiger partial charge in [0, 0.05) is 17.4 Å². The van der Waals surface area contributed by atoms with Gasteiger partial charge in [-0.2, -0.15) is 0 Å². The molecule has 0 fully saturated rings. The first-order valence-electron chi connectivity index (χ1n) is 4.97. The Morgan fingerprint density at radius 2 is 2.00 bits per heavy atom. The molecule has 72 valence electrons. The van der Waals surface area contributed by atoms with Crippen LogP contribution in [-0.4, -0.2) is 17.0 Å². The topological polar surface area (TPSA) is 37.3 Å². The molecule has 0 bridgehead atoms. The lowest BCUT2D eigenvalue weighted by molar-refractivity contribution is -0.116. The van der Waals surface area contributed by atoms with Crippen LogP contribution in [0.5, 0.6) is 0 Å². The van der Waals surface area contributed by atoms with Crippen molar-refractivity contribution in [2.75, 3.05) is 0 Å². The Labute approximate surface area is 78.6 Å². The highest BCUT2D eigenvalue weighted by Crippen LogP contribution is 2.45. The molecule has 13 heavy (non-hydrogen) atoms. The van der Waals surface area contributed by atoms with Gasteiger partial charge in [-0.15, -0.1) is 0 Å². The first-order chi connectivity index (χ1) is 6.03. The van der Waals surface area contributed by atoms with Crippen molar-refractivity contribution in [2.45, 2.75) is 45.6 Å². The zero-order chi connectivity index (χ0) is 9.64. The first-order valence-corrected chi connectivity index (χ1v) is 4.97. The molecule has 0 saturated heterocycles. The molecular weight excluding hydrogens is 164 g/mol. The summed E-state index contributed by atoms with van der Waals surface area (Å²) in [6, 6.07) is 0. The second kappa shape index (κ2) is 2.68. The highest BCUT2D eigenvalue weighted by Gasteiger charge is 2.42. The van der Waals surface area contributed by atoms with Crippen molar-refractivity contribution < 1.29 is 9.90 Å². The molecule has 0 aromatic heterocycles. The Morgan fingerprint density at radius 3 is 2.69 bits per heavy atom. The number of ketones is 1. The molecule has 0 saturated carbocycles. The minimum Gasteiger partial charge on any atom is -0.392 e. The number of carbonyl (C=O) groups is 1. The summed E-state index contributed by atoms with van der Waals surface area (Å²) < 4.78 is 0. The van der Waals surface area contributed by atoms with Crippen LogP contribution in [0.15, 0.2) is 11.1 Å². The van der Waals surface area contributed by atoms with Gasteiger partial charge in [0.1, 0.15) is 0 Å². The quantitative estimate of drug-likeness (QED) is 0.617. The van der Waals surface area contributed by atoms with E-state index in [4.69, 9.17) is 0 Å². The highest BCUT2D eigenvalue weighted by atomic mass is 16.3. The molecule has 0 radical (unpaired) electrons. The third kappa shape index (κ3) is 1.16. The summed E-state index contributed by atoms with van der Waals surface area (Å²) in [7, 11) is 0. The van der Waals surface area contributed by atoms with E-state index >= 15 is 0 Å². The fraction of sp³-hybridized carbons (Fsp3) is 0.727. The molecule has 0 aliphatic heterocycles. The molecule has 1 N–H and O–H groups in total. The maximum absolute atomic E-state index is 11.6. The Kier molecular flexibility index (Phi) is 1.84. The van der Waals surface area contributed by atoms with Gasteiger partial charge in [-0.1, -0.05) is 19.4 Å². The van der Waals surface area contributed by atoms with Crippen molar-refractivity contribution in [1.29, 1.82) is 0 Å². The zero-order valence-corrected chi connectivity index (χ0v) is 8.26. The van der Waals surface area contributed by atoms with Crippen molar-refractivity contribution in [1.82, 2.24) is 0 Å². The second-order valence-corrected chi connectivity index (χ2v) is 4.68. The van der Waals surface area contributed by atoms with Crippen molar-refractivity contribution in [3.8, 4) is 0 Å². The highest BCUT2D eigenvalue weighted by molar-refractivity contribution is 6.00. The molecule has 2 aliphatic carbocycles. The number of hydrogen-bond acceptors (Lipinski definition) is 2. The minimum atomic E-state index is -0.340. The SMILES string of the molecule is CC1(C)C2=C(CCC2=O)CCC1O. The van der Waals surface area contributed by atoms with E-state index in [0.29, 0.717) is 6.42 Å². The lowest BCUT2D eigenvalue weighted by atomic mass is 9.71. The van der Waals surface area contributed by atoms with Crippen LogP contribution in [0, 0.1) is 5.41 Å². The average Bonchev–Trinajstić information content (AvgIpc) is 2.41. The Hall–Kier alpha value is -0.630. The molecule has 1 unspecified atom stereocenters. The van der Waals surface area contributed by atoms with Crippen LogP contribution < -0.4 is 0 Å². The molecule has 2 heteroatoms. The van der Waals surface area contributed by atoms with Crippen LogP contribution >= 0.6 is 0 Å². The summed E-state index contributed by atoms with van der Waals surface area (Å²) in [6.45, 7) is 3.96. The summed E-state index contributed by atoms with van der Waals surface area (Å²) in [6.07, 6.45) is 3.00. The predicted molar refractivity (Wildman–Crippen MR) is 50.3 cm³/mol. The number of aliphatic hydroxyl groups is 1. The summed E-state index contributed by atoms with van der Waals surface area (Å²) in [5.41, 5.74) is 1.94. The van der Waals surface area contributed by atoms with E-state index in [2.05, 4.69) is 0 Å². The van der Waals surface area contributed by atoms with Crippen LogP contribution in [0.2, 0.25) is 0 Å². The number of Topliss-reactive ketones (excluding diaryl/α,β-unsaturated/α-hetero) is 1. The van der Waals surface area contributed by atoms with E-state index in [-0.39, 0.29) is 17.3 Å². The van der Waals surface area contributed by atoms with E-state index in [9.17, 15) is 9.90 Å². The Morgan fingerprint density at radius 1 is 1.31 bits per heavy atom. The smallest absolute Gasteiger partial charge is 0.159 e. The predicted octanol–water partition coefficient (Wildman–Crippen LogP) is 1.83. The molecular formula is C11H16O2. The normalized spacial score (nSPS) is 32.2. The average molecular weight is 180 g/mol. The summed E-state index contributed by atoms with van der Waals surface area (Å²) in [5.74, 6) is 0.263. The maximum Gasteiger partial charge on any atom is 0.159 e. The van der Waals surface area contributed by atoms with Gasteiger partial charge in [-0.25, -0.2) is 0 Å². The van der Waals surface area contributed by atoms with Crippen molar-refractivity contribution in [3.05, 3.63) is 11.1 Å². The first kappa shape index (κ1) is 8.95. The standard InChI is InChI=1S/C11H16O2/c1-11(2)9(13)6-4-7-3-5-8(12)10(7)11/h9,13H,3-6H2,1-2H3. The summed E-state index contributed by atoms with van der Waals surface area (Å²) >= 11 is 0. The van der Waals surface area contributed by atoms with Crippen LogP contribution in [0.25, 0.3) is 0 Å². The zero-order valence-electron chi connectivity index (χ0n) is 8.26. The van der Waals surface area contributed by atoms with Crippen molar-refractivity contribution in [3.63, 3.8) is 0 Å². The molecule has 2 nitrogen and oxygen atoms in total.